The number of hydrogen-bond donors (Lipinski definition) is 0. The van der Waals surface area contributed by atoms with Gasteiger partial charge in [-0.25, -0.2) is 24.9 Å². The fourth-order valence-electron chi connectivity index (χ4n) is 6.98. The van der Waals surface area contributed by atoms with Crippen molar-refractivity contribution in [2.75, 3.05) is 0 Å². The Kier molecular flexibility index (Phi) is 7.58. The first kappa shape index (κ1) is 31.1. The molecule has 10 rings (SSSR count). The number of nitrogens with zero attached hydrogens (tertiary/aromatic N) is 9. The number of aromatic nitrogens is 9. The van der Waals surface area contributed by atoms with Crippen molar-refractivity contribution in [2.45, 2.75) is 0 Å². The quantitative estimate of drug-likeness (QED) is 0.164. The fraction of sp³-hybridized carbons (Fsp3) is 0. The van der Waals surface area contributed by atoms with Crippen LogP contribution in [0.25, 0.3) is 90.4 Å². The van der Waals surface area contributed by atoms with Crippen LogP contribution in [0.4, 0.5) is 0 Å². The molecule has 0 saturated carbocycles. The molecule has 54 heavy (non-hydrogen) atoms. The van der Waals surface area contributed by atoms with Gasteiger partial charge in [0.05, 0.1) is 33.4 Å². The molecule has 9 nitrogen and oxygen atoms in total. The van der Waals surface area contributed by atoms with Gasteiger partial charge in [0.2, 0.25) is 0 Å². The van der Waals surface area contributed by atoms with E-state index in [0.717, 1.165) is 72.9 Å². The van der Waals surface area contributed by atoms with Gasteiger partial charge in [0, 0.05) is 52.6 Å². The molecular formula is C45H29N9. The van der Waals surface area contributed by atoms with E-state index in [1.54, 1.807) is 24.8 Å². The molecule has 0 unspecified atom stereocenters. The molecule has 0 amide bonds. The van der Waals surface area contributed by atoms with E-state index in [0.29, 0.717) is 17.5 Å². The van der Waals surface area contributed by atoms with Crippen molar-refractivity contribution in [3.05, 3.63) is 176 Å². The lowest BCUT2D eigenvalue weighted by Crippen LogP contribution is -2.06. The predicted octanol–water partition coefficient (Wildman–Crippen LogP) is 9.67. The minimum Gasteiger partial charge on any atom is -0.292 e. The second-order valence-corrected chi connectivity index (χ2v) is 12.7. The molecule has 0 spiro atoms. The van der Waals surface area contributed by atoms with E-state index >= 15 is 0 Å². The standard InChI is InChI=1S/C45H29N9/c1-2-12-30(13-3-1)41-50-42(33-14-4-8-18-37(33)53-39-20-10-6-16-35(39)48-44(53)31-22-26-46-27-23-31)52-43(51-41)34-15-5-9-19-38(34)54-40-21-11-7-17-36(40)49-45(54)32-24-28-47-29-25-32/h1-29H. The van der Waals surface area contributed by atoms with Crippen molar-refractivity contribution >= 4 is 22.1 Å². The summed E-state index contributed by atoms with van der Waals surface area (Å²) in [5.74, 6) is 3.23. The van der Waals surface area contributed by atoms with Gasteiger partial charge in [0.1, 0.15) is 11.6 Å². The van der Waals surface area contributed by atoms with Crippen molar-refractivity contribution in [3.8, 4) is 68.3 Å². The number of fused-ring (bicyclic) bond motifs is 2. The SMILES string of the molecule is c1ccc(-c2nc(-c3ccccc3-n3c(-c4ccncc4)nc4ccccc43)nc(-c3ccccc3-n3c(-c4ccncc4)nc4ccccc43)n2)cc1. The third-order valence-electron chi connectivity index (χ3n) is 9.44. The first-order valence-corrected chi connectivity index (χ1v) is 17.6. The molecule has 5 aromatic heterocycles. The normalized spacial score (nSPS) is 11.3. The van der Waals surface area contributed by atoms with E-state index in [4.69, 9.17) is 24.9 Å². The lowest BCUT2D eigenvalue weighted by Gasteiger charge is -2.17. The van der Waals surface area contributed by atoms with Crippen molar-refractivity contribution in [3.63, 3.8) is 0 Å². The largest absolute Gasteiger partial charge is 0.292 e. The van der Waals surface area contributed by atoms with Gasteiger partial charge < -0.3 is 0 Å². The monoisotopic (exact) mass is 695 g/mol. The minimum absolute atomic E-state index is 0.535. The van der Waals surface area contributed by atoms with E-state index in [2.05, 4.69) is 55.5 Å². The molecule has 0 saturated heterocycles. The van der Waals surface area contributed by atoms with Gasteiger partial charge in [-0.3, -0.25) is 19.1 Å². The van der Waals surface area contributed by atoms with Crippen molar-refractivity contribution in [1.82, 2.24) is 44.0 Å². The van der Waals surface area contributed by atoms with Crippen molar-refractivity contribution in [1.29, 1.82) is 0 Å². The highest BCUT2D eigenvalue weighted by atomic mass is 15.1. The van der Waals surface area contributed by atoms with Gasteiger partial charge in [-0.2, -0.15) is 0 Å². The summed E-state index contributed by atoms with van der Waals surface area (Å²) in [5.41, 5.74) is 9.93. The van der Waals surface area contributed by atoms with Crippen LogP contribution >= 0.6 is 0 Å². The summed E-state index contributed by atoms with van der Waals surface area (Å²) in [6.45, 7) is 0. The molecule has 10 aromatic rings. The lowest BCUT2D eigenvalue weighted by molar-refractivity contribution is 1.04. The molecular weight excluding hydrogens is 667 g/mol. The van der Waals surface area contributed by atoms with E-state index in [1.165, 1.54) is 0 Å². The van der Waals surface area contributed by atoms with Gasteiger partial charge in [-0.1, -0.05) is 78.9 Å². The highest BCUT2D eigenvalue weighted by Gasteiger charge is 2.23. The molecule has 0 fully saturated rings. The Bertz CT molecular complexity index is 2760. The third kappa shape index (κ3) is 5.39. The van der Waals surface area contributed by atoms with Crippen molar-refractivity contribution < 1.29 is 0 Å². The van der Waals surface area contributed by atoms with Crippen LogP contribution in [0.15, 0.2) is 176 Å². The van der Waals surface area contributed by atoms with Gasteiger partial charge >= 0.3 is 0 Å². The van der Waals surface area contributed by atoms with Crippen LogP contribution < -0.4 is 0 Å². The number of hydrogen-bond acceptors (Lipinski definition) is 7. The summed E-state index contributed by atoms with van der Waals surface area (Å²) in [6.07, 6.45) is 7.15. The summed E-state index contributed by atoms with van der Waals surface area (Å²) >= 11 is 0. The Morgan fingerprint density at radius 1 is 0.315 bits per heavy atom. The minimum atomic E-state index is 0.535. The van der Waals surface area contributed by atoms with Crippen LogP contribution in [-0.4, -0.2) is 44.0 Å². The summed E-state index contributed by atoms with van der Waals surface area (Å²) in [6, 6.07) is 50.7. The molecule has 0 aliphatic heterocycles. The average molecular weight is 696 g/mol. The summed E-state index contributed by atoms with van der Waals surface area (Å²) in [4.78, 5) is 34.3. The average Bonchev–Trinajstić information content (AvgIpc) is 3.84. The first-order valence-electron chi connectivity index (χ1n) is 17.6. The zero-order chi connectivity index (χ0) is 35.8. The van der Waals surface area contributed by atoms with E-state index in [1.807, 2.05) is 115 Å². The fourth-order valence-corrected chi connectivity index (χ4v) is 6.98. The zero-order valence-corrected chi connectivity index (χ0v) is 28.8. The Morgan fingerprint density at radius 3 is 1.22 bits per heavy atom. The maximum absolute atomic E-state index is 5.30. The molecule has 5 heterocycles. The lowest BCUT2D eigenvalue weighted by atomic mass is 10.1. The Morgan fingerprint density at radius 2 is 0.722 bits per heavy atom. The number of pyridine rings is 2. The van der Waals surface area contributed by atoms with E-state index in [-0.39, 0.29) is 0 Å². The molecule has 254 valence electrons. The Hall–Kier alpha value is -7.65. The zero-order valence-electron chi connectivity index (χ0n) is 28.8. The second-order valence-electron chi connectivity index (χ2n) is 12.7. The molecule has 0 N–H and O–H groups in total. The highest BCUT2D eigenvalue weighted by molar-refractivity contribution is 5.88. The highest BCUT2D eigenvalue weighted by Crippen LogP contribution is 2.37. The summed E-state index contributed by atoms with van der Waals surface area (Å²) in [7, 11) is 0. The maximum atomic E-state index is 5.30. The van der Waals surface area contributed by atoms with Crippen LogP contribution in [0, 0.1) is 0 Å². The predicted molar refractivity (Wildman–Crippen MR) is 212 cm³/mol. The smallest absolute Gasteiger partial charge is 0.166 e. The molecule has 0 bridgehead atoms. The Balaban J connectivity index is 1.23. The first-order chi connectivity index (χ1) is 26.8. The van der Waals surface area contributed by atoms with Crippen LogP contribution in [0.1, 0.15) is 0 Å². The van der Waals surface area contributed by atoms with Crippen molar-refractivity contribution in [2.24, 2.45) is 0 Å². The molecule has 0 atom stereocenters. The van der Waals surface area contributed by atoms with Gasteiger partial charge in [0.15, 0.2) is 17.5 Å². The van der Waals surface area contributed by atoms with Gasteiger partial charge in [-0.05, 0) is 72.8 Å². The number of imidazole rings is 2. The molecule has 0 radical (unpaired) electrons. The summed E-state index contributed by atoms with van der Waals surface area (Å²) in [5, 5.41) is 0. The van der Waals surface area contributed by atoms with Gasteiger partial charge in [0.25, 0.3) is 0 Å². The number of benzene rings is 5. The molecule has 5 aromatic carbocycles. The van der Waals surface area contributed by atoms with Crippen LogP contribution in [0.3, 0.4) is 0 Å². The molecule has 0 aliphatic carbocycles. The van der Waals surface area contributed by atoms with Crippen LogP contribution in [0.5, 0.6) is 0 Å². The second kappa shape index (κ2) is 13.2. The molecule has 9 heteroatoms. The third-order valence-corrected chi connectivity index (χ3v) is 9.44. The maximum Gasteiger partial charge on any atom is 0.166 e. The topological polar surface area (TPSA) is 100 Å². The number of rotatable bonds is 7. The van der Waals surface area contributed by atoms with Crippen LogP contribution in [-0.2, 0) is 0 Å². The van der Waals surface area contributed by atoms with E-state index < -0.39 is 0 Å². The summed E-state index contributed by atoms with van der Waals surface area (Å²) < 4.78 is 4.36. The molecule has 0 aliphatic rings. The number of para-hydroxylation sites is 6. The Labute approximate surface area is 310 Å². The van der Waals surface area contributed by atoms with E-state index in [9.17, 15) is 0 Å². The van der Waals surface area contributed by atoms with Gasteiger partial charge in [-0.15, -0.1) is 0 Å². The van der Waals surface area contributed by atoms with Crippen LogP contribution in [0.2, 0.25) is 0 Å².